The SMILES string of the molecule is CC(=O)NCC1CN(c2ccc(N3CCN(C4=NC(=O)CO4)CC3)c(F)c2)C(=O)O1. The van der Waals surface area contributed by atoms with Crippen molar-refractivity contribution < 1.29 is 28.2 Å². The van der Waals surface area contributed by atoms with E-state index in [0.717, 1.165) is 0 Å². The van der Waals surface area contributed by atoms with E-state index >= 15 is 0 Å². The predicted octanol–water partition coefficient (Wildman–Crippen LogP) is 0.322. The maximum absolute atomic E-state index is 14.8. The lowest BCUT2D eigenvalue weighted by atomic mass is 10.2. The van der Waals surface area contributed by atoms with E-state index in [1.54, 1.807) is 12.1 Å². The molecule has 160 valence electrons. The minimum atomic E-state index is -0.571. The molecule has 3 heterocycles. The van der Waals surface area contributed by atoms with Gasteiger partial charge in [0.25, 0.3) is 11.9 Å². The third-order valence-electron chi connectivity index (χ3n) is 5.13. The van der Waals surface area contributed by atoms with Crippen LogP contribution in [0.1, 0.15) is 6.92 Å². The molecule has 0 saturated carbocycles. The topological polar surface area (TPSA) is 104 Å². The van der Waals surface area contributed by atoms with Crippen molar-refractivity contribution in [2.75, 3.05) is 55.7 Å². The molecule has 4 rings (SSSR count). The molecule has 3 aliphatic heterocycles. The highest BCUT2D eigenvalue weighted by Gasteiger charge is 2.33. The molecule has 1 aromatic carbocycles. The zero-order valence-corrected chi connectivity index (χ0v) is 16.5. The van der Waals surface area contributed by atoms with Crippen LogP contribution in [0.5, 0.6) is 0 Å². The molecule has 0 aliphatic carbocycles. The summed E-state index contributed by atoms with van der Waals surface area (Å²) in [6.45, 7) is 3.98. The second-order valence-electron chi connectivity index (χ2n) is 7.24. The number of rotatable bonds is 4. The molecule has 30 heavy (non-hydrogen) atoms. The van der Waals surface area contributed by atoms with Gasteiger partial charge < -0.3 is 24.6 Å². The molecule has 0 bridgehead atoms. The van der Waals surface area contributed by atoms with Gasteiger partial charge in [-0.15, -0.1) is 0 Å². The molecule has 0 aromatic heterocycles. The van der Waals surface area contributed by atoms with Crippen molar-refractivity contribution in [2.24, 2.45) is 4.99 Å². The number of nitrogens with zero attached hydrogens (tertiary/aromatic N) is 4. The maximum Gasteiger partial charge on any atom is 0.414 e. The van der Waals surface area contributed by atoms with Crippen molar-refractivity contribution >= 4 is 35.3 Å². The minimum Gasteiger partial charge on any atom is -0.455 e. The summed E-state index contributed by atoms with van der Waals surface area (Å²) in [4.78, 5) is 43.3. The van der Waals surface area contributed by atoms with Gasteiger partial charge >= 0.3 is 6.09 Å². The Kier molecular flexibility index (Phi) is 5.42. The molecule has 11 heteroatoms. The smallest absolute Gasteiger partial charge is 0.414 e. The number of anilines is 2. The Hall–Kier alpha value is -3.37. The van der Waals surface area contributed by atoms with E-state index in [1.165, 1.54) is 17.9 Å². The second-order valence-corrected chi connectivity index (χ2v) is 7.24. The highest BCUT2D eigenvalue weighted by Crippen LogP contribution is 2.28. The van der Waals surface area contributed by atoms with Crippen LogP contribution in [0.3, 0.4) is 0 Å². The molecule has 1 N–H and O–H groups in total. The Balaban J connectivity index is 1.38. The van der Waals surface area contributed by atoms with Crippen LogP contribution in [0.2, 0.25) is 0 Å². The third-order valence-corrected chi connectivity index (χ3v) is 5.13. The number of carbonyl (C=O) groups excluding carboxylic acids is 3. The number of cyclic esters (lactones) is 1. The average molecular weight is 419 g/mol. The van der Waals surface area contributed by atoms with E-state index in [2.05, 4.69) is 10.3 Å². The first kappa shape index (κ1) is 19.9. The summed E-state index contributed by atoms with van der Waals surface area (Å²) in [5, 5.41) is 2.61. The molecule has 1 unspecified atom stereocenters. The van der Waals surface area contributed by atoms with Gasteiger partial charge in [-0.3, -0.25) is 14.5 Å². The molecule has 0 spiro atoms. The van der Waals surface area contributed by atoms with Crippen LogP contribution < -0.4 is 15.1 Å². The molecule has 0 radical (unpaired) electrons. The summed E-state index contributed by atoms with van der Waals surface area (Å²) in [6.07, 6.45) is -1.05. The Morgan fingerprint density at radius 3 is 2.60 bits per heavy atom. The number of carbonyl (C=O) groups is 3. The summed E-state index contributed by atoms with van der Waals surface area (Å²) in [6, 6.07) is 4.96. The Morgan fingerprint density at radius 2 is 1.97 bits per heavy atom. The van der Waals surface area contributed by atoms with Crippen LogP contribution in [0.4, 0.5) is 20.6 Å². The zero-order valence-electron chi connectivity index (χ0n) is 16.5. The van der Waals surface area contributed by atoms with Gasteiger partial charge in [0.15, 0.2) is 6.61 Å². The van der Waals surface area contributed by atoms with Gasteiger partial charge in [-0.2, -0.15) is 4.99 Å². The summed E-state index contributed by atoms with van der Waals surface area (Å²) in [5.41, 5.74) is 0.837. The quantitative estimate of drug-likeness (QED) is 0.750. The summed E-state index contributed by atoms with van der Waals surface area (Å²) in [7, 11) is 0. The van der Waals surface area contributed by atoms with Crippen LogP contribution in [0.25, 0.3) is 0 Å². The number of aliphatic imine (C=N–C) groups is 1. The second kappa shape index (κ2) is 8.17. The Labute approximate surface area is 172 Å². The molecule has 1 aromatic rings. The van der Waals surface area contributed by atoms with Gasteiger partial charge in [0, 0.05) is 33.1 Å². The van der Waals surface area contributed by atoms with Crippen LogP contribution in [0.15, 0.2) is 23.2 Å². The summed E-state index contributed by atoms with van der Waals surface area (Å²) < 4.78 is 25.3. The van der Waals surface area contributed by atoms with E-state index in [1.807, 2.05) is 9.80 Å². The molecule has 2 fully saturated rings. The van der Waals surface area contributed by atoms with E-state index in [4.69, 9.17) is 9.47 Å². The fraction of sp³-hybridized carbons (Fsp3) is 0.474. The van der Waals surface area contributed by atoms with Gasteiger partial charge in [0.05, 0.1) is 24.5 Å². The van der Waals surface area contributed by atoms with Crippen LogP contribution in [-0.2, 0) is 19.1 Å². The standard InChI is InChI=1S/C19H22FN5O5/c1-12(26)21-9-14-10-25(19(28)30-14)13-2-3-16(15(20)8-13)23-4-6-24(7-5-23)18-22-17(27)11-29-18/h2-3,8,14H,4-7,9-11H2,1H3,(H,21,26). The number of piperazine rings is 1. The van der Waals surface area contributed by atoms with Gasteiger partial charge in [-0.1, -0.05) is 0 Å². The van der Waals surface area contributed by atoms with Crippen molar-refractivity contribution in [2.45, 2.75) is 13.0 Å². The Bertz CT molecular complexity index is 899. The van der Waals surface area contributed by atoms with Crippen LogP contribution >= 0.6 is 0 Å². The van der Waals surface area contributed by atoms with E-state index in [0.29, 0.717) is 43.6 Å². The molecule has 3 aliphatic rings. The number of amidine groups is 1. The van der Waals surface area contributed by atoms with Gasteiger partial charge in [0.2, 0.25) is 5.91 Å². The number of halogens is 1. The fourth-order valence-electron chi connectivity index (χ4n) is 3.61. The first-order valence-corrected chi connectivity index (χ1v) is 9.67. The van der Waals surface area contributed by atoms with Gasteiger partial charge in [0.1, 0.15) is 11.9 Å². The lowest BCUT2D eigenvalue weighted by Gasteiger charge is -2.36. The lowest BCUT2D eigenvalue weighted by Crippen LogP contribution is -2.49. The maximum atomic E-state index is 14.8. The van der Waals surface area contributed by atoms with Crippen molar-refractivity contribution in [3.63, 3.8) is 0 Å². The predicted molar refractivity (Wildman–Crippen MR) is 105 cm³/mol. The monoisotopic (exact) mass is 419 g/mol. The number of benzene rings is 1. The minimum absolute atomic E-state index is 0.0315. The first-order valence-electron chi connectivity index (χ1n) is 9.67. The number of nitrogens with one attached hydrogen (secondary N) is 1. The zero-order chi connectivity index (χ0) is 21.3. The highest BCUT2D eigenvalue weighted by atomic mass is 19.1. The lowest BCUT2D eigenvalue weighted by molar-refractivity contribution is -0.119. The van der Waals surface area contributed by atoms with Crippen molar-refractivity contribution in [1.29, 1.82) is 0 Å². The van der Waals surface area contributed by atoms with E-state index in [-0.39, 0.29) is 31.5 Å². The largest absolute Gasteiger partial charge is 0.455 e. The molecular formula is C19H22FN5O5. The normalized spacial score (nSPS) is 21.5. The average Bonchev–Trinajstić information content (AvgIpc) is 3.32. The highest BCUT2D eigenvalue weighted by molar-refractivity contribution is 5.96. The molecule has 3 amide bonds. The van der Waals surface area contributed by atoms with Crippen LogP contribution in [-0.4, -0.2) is 80.8 Å². The van der Waals surface area contributed by atoms with Crippen molar-refractivity contribution in [1.82, 2.24) is 10.2 Å². The molecule has 2 saturated heterocycles. The van der Waals surface area contributed by atoms with Gasteiger partial charge in [-0.05, 0) is 18.2 Å². The third kappa shape index (κ3) is 4.14. The fourth-order valence-corrected chi connectivity index (χ4v) is 3.61. The number of hydrogen-bond donors (Lipinski definition) is 1. The molecular weight excluding hydrogens is 397 g/mol. The summed E-state index contributed by atoms with van der Waals surface area (Å²) in [5.74, 6) is -0.948. The van der Waals surface area contributed by atoms with Crippen molar-refractivity contribution in [3.05, 3.63) is 24.0 Å². The number of hydrogen-bond acceptors (Lipinski definition) is 7. The molecule has 10 nitrogen and oxygen atoms in total. The Morgan fingerprint density at radius 1 is 1.23 bits per heavy atom. The van der Waals surface area contributed by atoms with Crippen LogP contribution in [0, 0.1) is 5.82 Å². The van der Waals surface area contributed by atoms with E-state index in [9.17, 15) is 18.8 Å². The number of ether oxygens (including phenoxy) is 2. The first-order chi connectivity index (χ1) is 14.4. The summed E-state index contributed by atoms with van der Waals surface area (Å²) >= 11 is 0. The van der Waals surface area contributed by atoms with Gasteiger partial charge in [-0.25, -0.2) is 9.18 Å². The van der Waals surface area contributed by atoms with E-state index < -0.39 is 18.0 Å². The molecule has 1 atom stereocenters. The number of amides is 3. The van der Waals surface area contributed by atoms with Crippen molar-refractivity contribution in [3.8, 4) is 0 Å².